The summed E-state index contributed by atoms with van der Waals surface area (Å²) in [4.78, 5) is 4.47. The molecule has 130 valence electrons. The topological polar surface area (TPSA) is 93.7 Å². The Morgan fingerprint density at radius 2 is 2.00 bits per heavy atom. The van der Waals surface area contributed by atoms with E-state index in [9.17, 15) is 0 Å². The monoisotopic (exact) mass is 367 g/mol. The number of benzene rings is 1. The van der Waals surface area contributed by atoms with Crippen molar-refractivity contribution in [2.75, 3.05) is 0 Å². The number of fused-ring (bicyclic) bond motifs is 1. The van der Waals surface area contributed by atoms with Crippen LogP contribution in [0.2, 0.25) is 5.02 Å². The minimum absolute atomic E-state index is 0.384. The van der Waals surface area contributed by atoms with Crippen molar-refractivity contribution in [2.24, 2.45) is 0 Å². The highest BCUT2D eigenvalue weighted by molar-refractivity contribution is 6.36. The van der Waals surface area contributed by atoms with Crippen LogP contribution in [-0.4, -0.2) is 19.9 Å². The van der Waals surface area contributed by atoms with Crippen molar-refractivity contribution in [1.82, 2.24) is 19.9 Å². The van der Waals surface area contributed by atoms with Gasteiger partial charge in [-0.2, -0.15) is 10.2 Å². The van der Waals surface area contributed by atoms with Crippen LogP contribution in [0, 0.1) is 32.1 Å². The molecular weight excluding hydrogens is 354 g/mol. The van der Waals surface area contributed by atoms with Crippen LogP contribution < -0.4 is 0 Å². The number of aryl methyl sites for hydroxylation is 3. The summed E-state index contributed by atoms with van der Waals surface area (Å²) >= 11 is 6.33. The summed E-state index contributed by atoms with van der Waals surface area (Å²) in [5, 5.41) is 18.4. The second-order valence-corrected chi connectivity index (χ2v) is 6.44. The Kier molecular flexibility index (Phi) is 3.78. The first kappa shape index (κ1) is 16.4. The summed E-state index contributed by atoms with van der Waals surface area (Å²) in [5.74, 6) is 1.55. The van der Waals surface area contributed by atoms with Gasteiger partial charge < -0.3 is 13.6 Å². The summed E-state index contributed by atoms with van der Waals surface area (Å²) in [5.41, 5.74) is 3.78. The van der Waals surface area contributed by atoms with E-state index >= 15 is 0 Å². The molecule has 0 amide bonds. The van der Waals surface area contributed by atoms with Gasteiger partial charge >= 0.3 is 0 Å². The van der Waals surface area contributed by atoms with Crippen molar-refractivity contribution in [1.29, 1.82) is 5.26 Å². The number of nitrogens with zero attached hydrogens (tertiary/aromatic N) is 5. The molecule has 0 saturated carbocycles. The van der Waals surface area contributed by atoms with E-state index in [2.05, 4.69) is 21.4 Å². The van der Waals surface area contributed by atoms with Crippen molar-refractivity contribution >= 4 is 22.5 Å². The number of rotatable bonds is 3. The Morgan fingerprint density at radius 3 is 2.69 bits per heavy atom. The van der Waals surface area contributed by atoms with Gasteiger partial charge in [0.15, 0.2) is 5.82 Å². The summed E-state index contributed by atoms with van der Waals surface area (Å²) in [6.45, 7) is 6.02. The third-order valence-corrected chi connectivity index (χ3v) is 4.77. The SMILES string of the molecule is Cc1noc(C)c1-c1nc(Cn2c(C)cc3c(Cl)c(C#N)ccc32)no1. The molecule has 3 heterocycles. The summed E-state index contributed by atoms with van der Waals surface area (Å²) in [6, 6.07) is 7.64. The van der Waals surface area contributed by atoms with Gasteiger partial charge in [0.2, 0.25) is 0 Å². The fourth-order valence-electron chi connectivity index (χ4n) is 3.08. The zero-order chi connectivity index (χ0) is 18.4. The van der Waals surface area contributed by atoms with E-state index < -0.39 is 0 Å². The van der Waals surface area contributed by atoms with E-state index in [1.165, 1.54) is 0 Å². The highest BCUT2D eigenvalue weighted by Gasteiger charge is 2.19. The summed E-state index contributed by atoms with van der Waals surface area (Å²) < 4.78 is 12.6. The molecule has 0 fully saturated rings. The third kappa shape index (κ3) is 2.47. The number of hydrogen-bond donors (Lipinski definition) is 0. The second kappa shape index (κ2) is 6.00. The van der Waals surface area contributed by atoms with Gasteiger partial charge in [0.05, 0.1) is 28.3 Å². The van der Waals surface area contributed by atoms with Crippen molar-refractivity contribution in [2.45, 2.75) is 27.3 Å². The molecule has 0 aliphatic heterocycles. The maximum absolute atomic E-state index is 9.14. The summed E-state index contributed by atoms with van der Waals surface area (Å²) in [6.07, 6.45) is 0. The lowest BCUT2D eigenvalue weighted by atomic mass is 10.2. The highest BCUT2D eigenvalue weighted by atomic mass is 35.5. The normalized spacial score (nSPS) is 11.2. The Hall–Kier alpha value is -3.11. The van der Waals surface area contributed by atoms with E-state index in [0.29, 0.717) is 40.3 Å². The van der Waals surface area contributed by atoms with Gasteiger partial charge in [-0.25, -0.2) is 0 Å². The highest BCUT2D eigenvalue weighted by Crippen LogP contribution is 2.30. The van der Waals surface area contributed by atoms with Crippen LogP contribution in [-0.2, 0) is 6.54 Å². The molecule has 0 unspecified atom stereocenters. The molecule has 0 spiro atoms. The Morgan fingerprint density at radius 1 is 1.19 bits per heavy atom. The van der Waals surface area contributed by atoms with E-state index in [1.807, 2.05) is 30.5 Å². The van der Waals surface area contributed by atoms with Crippen LogP contribution >= 0.6 is 11.6 Å². The third-order valence-electron chi connectivity index (χ3n) is 4.36. The van der Waals surface area contributed by atoms with Crippen molar-refractivity contribution in [3.8, 4) is 17.5 Å². The van der Waals surface area contributed by atoms with Crippen LogP contribution in [0.1, 0.15) is 28.5 Å². The minimum atomic E-state index is 0.384. The van der Waals surface area contributed by atoms with Crippen molar-refractivity contribution in [3.63, 3.8) is 0 Å². The standard InChI is InChI=1S/C18H14ClN5O2/c1-9-6-13-14(5-4-12(7-20)17(13)19)24(9)8-15-21-18(26-23-15)16-10(2)22-25-11(16)3/h4-6H,8H2,1-3H3. The second-order valence-electron chi connectivity index (χ2n) is 6.06. The zero-order valence-corrected chi connectivity index (χ0v) is 15.1. The molecule has 0 N–H and O–H groups in total. The van der Waals surface area contributed by atoms with Crippen LogP contribution in [0.5, 0.6) is 0 Å². The Balaban J connectivity index is 1.74. The molecule has 4 rings (SSSR count). The maximum atomic E-state index is 9.14. The molecule has 0 aliphatic carbocycles. The lowest BCUT2D eigenvalue weighted by molar-refractivity contribution is 0.391. The average molecular weight is 368 g/mol. The average Bonchev–Trinajstić information content (AvgIpc) is 3.28. The fraction of sp³-hybridized carbons (Fsp3) is 0.222. The molecule has 0 aliphatic rings. The van der Waals surface area contributed by atoms with Crippen LogP contribution in [0.25, 0.3) is 22.4 Å². The van der Waals surface area contributed by atoms with Gasteiger partial charge in [0.1, 0.15) is 17.4 Å². The molecule has 26 heavy (non-hydrogen) atoms. The quantitative estimate of drug-likeness (QED) is 0.539. The molecule has 0 saturated heterocycles. The van der Waals surface area contributed by atoms with Crippen molar-refractivity contribution < 1.29 is 9.05 Å². The molecule has 0 radical (unpaired) electrons. The zero-order valence-electron chi connectivity index (χ0n) is 14.4. The lowest BCUT2D eigenvalue weighted by Gasteiger charge is -2.05. The first-order chi connectivity index (χ1) is 12.5. The van der Waals surface area contributed by atoms with Gasteiger partial charge in [-0.15, -0.1) is 0 Å². The number of hydrogen-bond acceptors (Lipinski definition) is 6. The van der Waals surface area contributed by atoms with Gasteiger partial charge in [0, 0.05) is 11.1 Å². The number of nitriles is 1. The van der Waals surface area contributed by atoms with E-state index in [4.69, 9.17) is 25.9 Å². The number of halogens is 1. The maximum Gasteiger partial charge on any atom is 0.263 e. The van der Waals surface area contributed by atoms with Crippen LogP contribution in [0.3, 0.4) is 0 Å². The van der Waals surface area contributed by atoms with E-state index in [1.54, 1.807) is 13.0 Å². The predicted molar refractivity (Wildman–Crippen MR) is 94.8 cm³/mol. The fourth-order valence-corrected chi connectivity index (χ4v) is 3.33. The first-order valence-electron chi connectivity index (χ1n) is 7.94. The largest absolute Gasteiger partial charge is 0.361 e. The van der Waals surface area contributed by atoms with Gasteiger partial charge in [0.25, 0.3) is 5.89 Å². The molecule has 0 bridgehead atoms. The van der Waals surface area contributed by atoms with E-state index in [0.717, 1.165) is 22.2 Å². The molecule has 1 aromatic carbocycles. The van der Waals surface area contributed by atoms with Gasteiger partial charge in [-0.05, 0) is 39.0 Å². The summed E-state index contributed by atoms with van der Waals surface area (Å²) in [7, 11) is 0. The molecule has 3 aromatic heterocycles. The Bertz CT molecular complexity index is 1160. The molecule has 0 atom stereocenters. The number of aromatic nitrogens is 4. The van der Waals surface area contributed by atoms with Crippen LogP contribution in [0.15, 0.2) is 27.2 Å². The lowest BCUT2D eigenvalue weighted by Crippen LogP contribution is -2.03. The first-order valence-corrected chi connectivity index (χ1v) is 8.31. The van der Waals surface area contributed by atoms with Crippen LogP contribution in [0.4, 0.5) is 0 Å². The minimum Gasteiger partial charge on any atom is -0.361 e. The molecule has 8 heteroatoms. The molecule has 7 nitrogen and oxygen atoms in total. The Labute approximate surface area is 153 Å². The van der Waals surface area contributed by atoms with E-state index in [-0.39, 0.29) is 0 Å². The van der Waals surface area contributed by atoms with Gasteiger partial charge in [-0.1, -0.05) is 21.9 Å². The smallest absolute Gasteiger partial charge is 0.263 e. The molecule has 4 aromatic rings. The molecular formula is C18H14ClN5O2. The predicted octanol–water partition coefficient (Wildman–Crippen LogP) is 4.18. The van der Waals surface area contributed by atoms with Gasteiger partial charge in [-0.3, -0.25) is 0 Å². The van der Waals surface area contributed by atoms with Crippen molar-refractivity contribution in [3.05, 3.63) is 51.8 Å².